The van der Waals surface area contributed by atoms with Crippen molar-refractivity contribution in [2.24, 2.45) is 0 Å². The predicted molar refractivity (Wildman–Crippen MR) is 97.8 cm³/mol. The van der Waals surface area contributed by atoms with E-state index in [4.69, 9.17) is 15.2 Å². The van der Waals surface area contributed by atoms with E-state index in [2.05, 4.69) is 27.6 Å². The van der Waals surface area contributed by atoms with Crippen LogP contribution < -0.4 is 5.73 Å². The van der Waals surface area contributed by atoms with E-state index in [9.17, 15) is 9.90 Å². The molecule has 3 N–H and O–H groups in total. The Morgan fingerprint density at radius 2 is 2.23 bits per heavy atom. The number of aliphatic hydroxyl groups excluding tert-OH is 1. The smallest absolute Gasteiger partial charge is 0.306 e. The Morgan fingerprint density at radius 1 is 1.50 bits per heavy atom. The van der Waals surface area contributed by atoms with E-state index in [1.54, 1.807) is 11.5 Å². The molecule has 1 fully saturated rings. The predicted octanol–water partition coefficient (Wildman–Crippen LogP) is 1.04. The van der Waals surface area contributed by atoms with Gasteiger partial charge in [-0.05, 0) is 0 Å². The molecule has 0 saturated carbocycles. The van der Waals surface area contributed by atoms with Gasteiger partial charge in [0.25, 0.3) is 0 Å². The molecule has 10 heteroatoms. The Balaban J connectivity index is 2.14. The summed E-state index contributed by atoms with van der Waals surface area (Å²) in [4.78, 5) is 24.7. The molecule has 9 nitrogen and oxygen atoms in total. The zero-order valence-electron chi connectivity index (χ0n) is 14.9. The largest absolute Gasteiger partial charge is 0.455 e. The number of anilines is 1. The van der Waals surface area contributed by atoms with Gasteiger partial charge >= 0.3 is 5.97 Å². The first kappa shape index (κ1) is 18.9. The number of thiol groups is 1. The molecule has 1 aliphatic heterocycles. The average molecular weight is 381 g/mol. The summed E-state index contributed by atoms with van der Waals surface area (Å²) in [6.45, 7) is 5.63. The van der Waals surface area contributed by atoms with Crippen molar-refractivity contribution in [3.8, 4) is 0 Å². The molecule has 1 aliphatic rings. The molecule has 3 rings (SSSR count). The molecule has 1 saturated heterocycles. The van der Waals surface area contributed by atoms with Crippen molar-refractivity contribution in [2.45, 2.75) is 57.6 Å². The van der Waals surface area contributed by atoms with E-state index in [0.29, 0.717) is 17.0 Å². The second kappa shape index (κ2) is 7.37. The summed E-state index contributed by atoms with van der Waals surface area (Å²) in [5, 5.41) is 10.6. The summed E-state index contributed by atoms with van der Waals surface area (Å²) >= 11 is 4.23. The molecule has 2 aromatic rings. The molecule has 0 aliphatic carbocycles. The fourth-order valence-electron chi connectivity index (χ4n) is 3.04. The number of hydrogen-bond acceptors (Lipinski definition) is 9. The Hall–Kier alpha value is -1.91. The minimum absolute atomic E-state index is 0.0157. The zero-order chi connectivity index (χ0) is 19.0. The number of fused-ring (bicyclic) bond motifs is 1. The zero-order valence-corrected chi connectivity index (χ0v) is 15.8. The number of nitrogens with two attached hydrogens (primary N) is 1. The molecule has 3 heterocycles. The lowest BCUT2D eigenvalue weighted by molar-refractivity contribution is -0.158. The van der Waals surface area contributed by atoms with Crippen LogP contribution in [0.15, 0.2) is 6.33 Å². The van der Waals surface area contributed by atoms with Crippen LogP contribution in [0.1, 0.15) is 45.2 Å². The van der Waals surface area contributed by atoms with E-state index in [0.717, 1.165) is 0 Å². The SMILES string of the molecule is CCC(=O)O[C@@H]1[C@H](O)[C@@H](CS)O[C@H]1n1c(C(C)C)nc2c(N)ncnc21. The van der Waals surface area contributed by atoms with Gasteiger partial charge in [0, 0.05) is 18.1 Å². The molecule has 0 aromatic carbocycles. The number of imidazole rings is 1. The van der Waals surface area contributed by atoms with Crippen molar-refractivity contribution in [1.29, 1.82) is 0 Å². The molecule has 26 heavy (non-hydrogen) atoms. The quantitative estimate of drug-likeness (QED) is 0.518. The molecule has 2 aromatic heterocycles. The lowest BCUT2D eigenvalue weighted by Gasteiger charge is -2.24. The third-order valence-electron chi connectivity index (χ3n) is 4.35. The van der Waals surface area contributed by atoms with Gasteiger partial charge in [0.15, 0.2) is 29.3 Å². The van der Waals surface area contributed by atoms with Crippen LogP contribution in [0.2, 0.25) is 0 Å². The van der Waals surface area contributed by atoms with Crippen molar-refractivity contribution in [2.75, 3.05) is 11.5 Å². The number of carbonyl (C=O) groups excluding carboxylic acids is 1. The summed E-state index contributed by atoms with van der Waals surface area (Å²) < 4.78 is 13.2. The van der Waals surface area contributed by atoms with Crippen LogP contribution >= 0.6 is 12.6 Å². The molecule has 0 bridgehead atoms. The Bertz CT molecular complexity index is 811. The average Bonchev–Trinajstić information content (AvgIpc) is 3.14. The minimum atomic E-state index is -1.01. The second-order valence-corrected chi connectivity index (χ2v) is 6.84. The number of aromatic nitrogens is 4. The van der Waals surface area contributed by atoms with E-state index < -0.39 is 30.5 Å². The number of aliphatic hydroxyl groups is 1. The molecule has 0 spiro atoms. The molecular weight excluding hydrogens is 358 g/mol. The number of rotatable bonds is 5. The highest BCUT2D eigenvalue weighted by Gasteiger charge is 2.48. The second-order valence-electron chi connectivity index (χ2n) is 6.47. The van der Waals surface area contributed by atoms with Crippen LogP contribution in [0, 0.1) is 0 Å². The van der Waals surface area contributed by atoms with Crippen molar-refractivity contribution >= 4 is 35.6 Å². The van der Waals surface area contributed by atoms with E-state index in [-0.39, 0.29) is 23.9 Å². The third-order valence-corrected chi connectivity index (χ3v) is 4.71. The summed E-state index contributed by atoms with van der Waals surface area (Å²) in [5.74, 6) is 0.774. The fraction of sp³-hybridized carbons (Fsp3) is 0.625. The highest BCUT2D eigenvalue weighted by Crippen LogP contribution is 2.37. The number of nitrogen functional groups attached to an aromatic ring is 1. The third kappa shape index (κ3) is 3.12. The standard InChI is InChI=1S/C16H23N5O4S/c1-4-9(22)25-12-11(23)8(5-26)24-16(12)21-14(7(2)3)20-10-13(17)18-6-19-15(10)21/h6-8,11-12,16,23,26H,4-5H2,1-3H3,(H2,17,18,19)/t8-,11-,12-,16-/m1/s1. The minimum Gasteiger partial charge on any atom is -0.455 e. The summed E-state index contributed by atoms with van der Waals surface area (Å²) in [7, 11) is 0. The van der Waals surface area contributed by atoms with Crippen molar-refractivity contribution in [1.82, 2.24) is 19.5 Å². The van der Waals surface area contributed by atoms with Crippen LogP contribution in [0.25, 0.3) is 11.2 Å². The van der Waals surface area contributed by atoms with Crippen LogP contribution in [0.5, 0.6) is 0 Å². The van der Waals surface area contributed by atoms with Crippen LogP contribution in [-0.4, -0.2) is 54.7 Å². The Kier molecular flexibility index (Phi) is 5.35. The van der Waals surface area contributed by atoms with Gasteiger partial charge in [0.05, 0.1) is 6.10 Å². The van der Waals surface area contributed by atoms with Gasteiger partial charge < -0.3 is 20.3 Å². The topological polar surface area (TPSA) is 125 Å². The monoisotopic (exact) mass is 381 g/mol. The number of carbonyl (C=O) groups is 1. The van der Waals surface area contributed by atoms with E-state index in [1.165, 1.54) is 6.33 Å². The molecule has 0 radical (unpaired) electrons. The molecule has 142 valence electrons. The lowest BCUT2D eigenvalue weighted by atomic mass is 10.1. The van der Waals surface area contributed by atoms with Crippen LogP contribution in [0.3, 0.4) is 0 Å². The normalized spacial score (nSPS) is 25.9. The molecule has 0 unspecified atom stereocenters. The van der Waals surface area contributed by atoms with Gasteiger partial charge in [-0.2, -0.15) is 12.6 Å². The molecule has 4 atom stereocenters. The first-order valence-electron chi connectivity index (χ1n) is 8.51. The summed E-state index contributed by atoms with van der Waals surface area (Å²) in [5.41, 5.74) is 6.86. The lowest BCUT2D eigenvalue weighted by Crippen LogP contribution is -2.36. The van der Waals surface area contributed by atoms with Gasteiger partial charge in [-0.3, -0.25) is 9.36 Å². The van der Waals surface area contributed by atoms with Crippen molar-refractivity contribution in [3.63, 3.8) is 0 Å². The highest BCUT2D eigenvalue weighted by atomic mass is 32.1. The summed E-state index contributed by atoms with van der Waals surface area (Å²) in [6, 6.07) is 0. The summed E-state index contributed by atoms with van der Waals surface area (Å²) in [6.07, 6.45) is -1.74. The maximum absolute atomic E-state index is 11.9. The first-order valence-corrected chi connectivity index (χ1v) is 9.14. The fourth-order valence-corrected chi connectivity index (χ4v) is 3.34. The molecule has 0 amide bonds. The van der Waals surface area contributed by atoms with Crippen molar-refractivity contribution < 1.29 is 19.4 Å². The number of esters is 1. The molecular formula is C16H23N5O4S. The number of ether oxygens (including phenoxy) is 2. The Morgan fingerprint density at radius 3 is 2.85 bits per heavy atom. The number of nitrogens with zero attached hydrogens (tertiary/aromatic N) is 4. The van der Waals surface area contributed by atoms with E-state index >= 15 is 0 Å². The maximum Gasteiger partial charge on any atom is 0.306 e. The van der Waals surface area contributed by atoms with Gasteiger partial charge in [0.1, 0.15) is 18.3 Å². The highest BCUT2D eigenvalue weighted by molar-refractivity contribution is 7.80. The van der Waals surface area contributed by atoms with Gasteiger partial charge in [-0.1, -0.05) is 20.8 Å². The van der Waals surface area contributed by atoms with Gasteiger partial charge in [0.2, 0.25) is 0 Å². The number of hydrogen-bond donors (Lipinski definition) is 3. The van der Waals surface area contributed by atoms with Gasteiger partial charge in [-0.15, -0.1) is 0 Å². The van der Waals surface area contributed by atoms with Crippen LogP contribution in [0.4, 0.5) is 5.82 Å². The maximum atomic E-state index is 11.9. The van der Waals surface area contributed by atoms with Gasteiger partial charge in [-0.25, -0.2) is 15.0 Å². The van der Waals surface area contributed by atoms with E-state index in [1.807, 2.05) is 13.8 Å². The van der Waals surface area contributed by atoms with Crippen LogP contribution in [-0.2, 0) is 14.3 Å². The first-order chi connectivity index (χ1) is 12.4. The Labute approximate surface area is 156 Å². The van der Waals surface area contributed by atoms with Crippen molar-refractivity contribution in [3.05, 3.63) is 12.2 Å².